The number of nitrogens with one attached hydrogen (secondary N) is 1. The standard InChI is InChI=1S/C19H24FNO3/c20-15-6-4-14(5-7-15)17(22)8-9-18(23)21-16-12-19(24-13-16)10-2-1-3-11-19/h4-7,16H,1-3,8-13H2,(H,21,23). The van der Waals surface area contributed by atoms with Gasteiger partial charge < -0.3 is 10.1 Å². The van der Waals surface area contributed by atoms with Gasteiger partial charge in [0.25, 0.3) is 0 Å². The van der Waals surface area contributed by atoms with Crippen molar-refractivity contribution < 1.29 is 18.7 Å². The third-order valence-electron chi connectivity index (χ3n) is 5.08. The van der Waals surface area contributed by atoms with Crippen LogP contribution in [0.25, 0.3) is 0 Å². The quantitative estimate of drug-likeness (QED) is 0.840. The number of ketones is 1. The van der Waals surface area contributed by atoms with Crippen molar-refractivity contribution in [1.29, 1.82) is 0 Å². The van der Waals surface area contributed by atoms with E-state index in [-0.39, 0.29) is 42.0 Å². The van der Waals surface area contributed by atoms with E-state index in [1.807, 2.05) is 0 Å². The molecule has 1 aliphatic heterocycles. The number of hydrogen-bond donors (Lipinski definition) is 1. The fraction of sp³-hybridized carbons (Fsp3) is 0.579. The zero-order valence-electron chi connectivity index (χ0n) is 13.9. The maximum Gasteiger partial charge on any atom is 0.220 e. The summed E-state index contributed by atoms with van der Waals surface area (Å²) in [7, 11) is 0. The summed E-state index contributed by atoms with van der Waals surface area (Å²) >= 11 is 0. The average Bonchev–Trinajstić information content (AvgIpc) is 2.96. The SMILES string of the molecule is O=C(CCC(=O)c1ccc(F)cc1)NC1COC2(CCCCC2)C1. The number of amides is 1. The van der Waals surface area contributed by atoms with E-state index in [1.54, 1.807) is 0 Å². The van der Waals surface area contributed by atoms with Crippen molar-refractivity contribution in [2.24, 2.45) is 0 Å². The van der Waals surface area contributed by atoms with Crippen molar-refractivity contribution in [3.63, 3.8) is 0 Å². The molecule has 1 saturated heterocycles. The predicted molar refractivity (Wildman–Crippen MR) is 88.3 cm³/mol. The Morgan fingerprint density at radius 2 is 1.83 bits per heavy atom. The molecule has 1 aromatic carbocycles. The molecule has 4 nitrogen and oxygen atoms in total. The van der Waals surface area contributed by atoms with Gasteiger partial charge in [0.05, 0.1) is 18.2 Å². The lowest BCUT2D eigenvalue weighted by molar-refractivity contribution is -0.121. The number of rotatable bonds is 5. The van der Waals surface area contributed by atoms with E-state index >= 15 is 0 Å². The molecule has 1 aliphatic carbocycles. The van der Waals surface area contributed by atoms with E-state index < -0.39 is 0 Å². The average molecular weight is 333 g/mol. The zero-order valence-corrected chi connectivity index (χ0v) is 13.9. The monoisotopic (exact) mass is 333 g/mol. The maximum absolute atomic E-state index is 12.9. The second kappa shape index (κ2) is 7.43. The third kappa shape index (κ3) is 4.20. The van der Waals surface area contributed by atoms with Crippen LogP contribution in [0.5, 0.6) is 0 Å². The van der Waals surface area contributed by atoms with E-state index in [9.17, 15) is 14.0 Å². The number of carbonyl (C=O) groups is 2. The molecule has 24 heavy (non-hydrogen) atoms. The first kappa shape index (κ1) is 17.1. The minimum atomic E-state index is -0.373. The second-order valence-electron chi connectivity index (χ2n) is 6.95. The van der Waals surface area contributed by atoms with Gasteiger partial charge in [-0.1, -0.05) is 19.3 Å². The number of Topliss-reactive ketones (excluding diaryl/α,β-unsaturated/α-hetero) is 1. The summed E-state index contributed by atoms with van der Waals surface area (Å²) in [5.41, 5.74) is 0.412. The molecular formula is C19H24FNO3. The lowest BCUT2D eigenvalue weighted by Crippen LogP contribution is -2.37. The number of benzene rings is 1. The van der Waals surface area contributed by atoms with Crippen LogP contribution in [0.1, 0.15) is 61.7 Å². The molecule has 1 N–H and O–H groups in total. The highest BCUT2D eigenvalue weighted by Gasteiger charge is 2.41. The number of ether oxygens (including phenoxy) is 1. The summed E-state index contributed by atoms with van der Waals surface area (Å²) < 4.78 is 18.8. The summed E-state index contributed by atoms with van der Waals surface area (Å²) in [5, 5.41) is 2.99. The van der Waals surface area contributed by atoms with Crippen molar-refractivity contribution in [2.45, 2.75) is 63.0 Å². The summed E-state index contributed by atoms with van der Waals surface area (Å²) in [6.07, 6.45) is 7.01. The van der Waals surface area contributed by atoms with Gasteiger partial charge in [-0.3, -0.25) is 9.59 Å². The Morgan fingerprint density at radius 1 is 1.12 bits per heavy atom. The van der Waals surface area contributed by atoms with Crippen molar-refractivity contribution in [3.8, 4) is 0 Å². The van der Waals surface area contributed by atoms with E-state index in [4.69, 9.17) is 4.74 Å². The Bertz CT molecular complexity index is 593. The van der Waals surface area contributed by atoms with Gasteiger partial charge in [0.1, 0.15) is 5.82 Å². The molecule has 0 aromatic heterocycles. The number of hydrogen-bond acceptors (Lipinski definition) is 3. The van der Waals surface area contributed by atoms with Crippen LogP contribution in [0.15, 0.2) is 24.3 Å². The molecule has 1 unspecified atom stereocenters. The minimum Gasteiger partial charge on any atom is -0.373 e. The fourth-order valence-electron chi connectivity index (χ4n) is 3.79. The van der Waals surface area contributed by atoms with Crippen LogP contribution in [0, 0.1) is 5.82 Å². The van der Waals surface area contributed by atoms with Gasteiger partial charge in [-0.05, 0) is 43.5 Å². The Hall–Kier alpha value is -1.75. The zero-order chi connectivity index (χ0) is 17.0. The summed E-state index contributed by atoms with van der Waals surface area (Å²) in [5.74, 6) is -0.634. The van der Waals surface area contributed by atoms with Crippen molar-refractivity contribution in [1.82, 2.24) is 5.32 Å². The lowest BCUT2D eigenvalue weighted by Gasteiger charge is -2.32. The first-order valence-corrected chi connectivity index (χ1v) is 8.78. The van der Waals surface area contributed by atoms with Gasteiger partial charge in [-0.2, -0.15) is 0 Å². The molecular weight excluding hydrogens is 309 g/mol. The van der Waals surface area contributed by atoms with E-state index in [1.165, 1.54) is 43.5 Å². The summed E-state index contributed by atoms with van der Waals surface area (Å²) in [6.45, 7) is 0.567. The molecule has 5 heteroatoms. The van der Waals surface area contributed by atoms with Crippen LogP contribution in [0.4, 0.5) is 4.39 Å². The molecule has 0 bridgehead atoms. The van der Waals surface area contributed by atoms with Crippen molar-refractivity contribution in [3.05, 3.63) is 35.6 Å². The Morgan fingerprint density at radius 3 is 2.54 bits per heavy atom. The maximum atomic E-state index is 12.9. The number of halogens is 1. The normalized spacial score (nSPS) is 22.5. The topological polar surface area (TPSA) is 55.4 Å². The largest absolute Gasteiger partial charge is 0.373 e. The molecule has 2 aliphatic rings. The van der Waals surface area contributed by atoms with Gasteiger partial charge in [-0.15, -0.1) is 0 Å². The van der Waals surface area contributed by atoms with Gasteiger partial charge in [-0.25, -0.2) is 4.39 Å². The third-order valence-corrected chi connectivity index (χ3v) is 5.08. The van der Waals surface area contributed by atoms with Crippen molar-refractivity contribution >= 4 is 11.7 Å². The molecule has 3 rings (SSSR count). The summed E-state index contributed by atoms with van der Waals surface area (Å²) in [4.78, 5) is 24.1. The van der Waals surface area contributed by atoms with Gasteiger partial charge in [0.2, 0.25) is 5.91 Å². The molecule has 1 heterocycles. The minimum absolute atomic E-state index is 0.0277. The fourth-order valence-corrected chi connectivity index (χ4v) is 3.79. The highest BCUT2D eigenvalue weighted by Crippen LogP contribution is 2.39. The van der Waals surface area contributed by atoms with Crippen LogP contribution in [-0.4, -0.2) is 29.9 Å². The molecule has 1 aromatic rings. The molecule has 1 spiro atoms. The second-order valence-corrected chi connectivity index (χ2v) is 6.95. The van der Waals surface area contributed by atoms with E-state index in [2.05, 4.69) is 5.32 Å². The molecule has 0 radical (unpaired) electrons. The first-order chi connectivity index (χ1) is 11.6. The summed E-state index contributed by atoms with van der Waals surface area (Å²) in [6, 6.07) is 5.47. The molecule has 1 saturated carbocycles. The van der Waals surface area contributed by atoms with Crippen LogP contribution < -0.4 is 5.32 Å². The van der Waals surface area contributed by atoms with Gasteiger partial charge >= 0.3 is 0 Å². The van der Waals surface area contributed by atoms with Crippen LogP contribution >= 0.6 is 0 Å². The molecule has 1 atom stereocenters. The smallest absolute Gasteiger partial charge is 0.220 e. The Balaban J connectivity index is 1.43. The van der Waals surface area contributed by atoms with E-state index in [0.29, 0.717) is 12.2 Å². The lowest BCUT2D eigenvalue weighted by atomic mass is 9.82. The van der Waals surface area contributed by atoms with Crippen LogP contribution in [-0.2, 0) is 9.53 Å². The Kier molecular flexibility index (Phi) is 5.29. The van der Waals surface area contributed by atoms with Gasteiger partial charge in [0, 0.05) is 18.4 Å². The van der Waals surface area contributed by atoms with E-state index in [0.717, 1.165) is 19.3 Å². The highest BCUT2D eigenvalue weighted by molar-refractivity contribution is 5.97. The van der Waals surface area contributed by atoms with Crippen LogP contribution in [0.3, 0.4) is 0 Å². The predicted octanol–water partition coefficient (Wildman–Crippen LogP) is 3.40. The molecule has 130 valence electrons. The van der Waals surface area contributed by atoms with Crippen molar-refractivity contribution in [2.75, 3.05) is 6.61 Å². The Labute approximate surface area is 141 Å². The first-order valence-electron chi connectivity index (χ1n) is 8.78. The highest BCUT2D eigenvalue weighted by atomic mass is 19.1. The molecule has 1 amide bonds. The molecule has 2 fully saturated rings. The van der Waals surface area contributed by atoms with Crippen LogP contribution in [0.2, 0.25) is 0 Å². The number of carbonyl (C=O) groups excluding carboxylic acids is 2. The van der Waals surface area contributed by atoms with Gasteiger partial charge in [0.15, 0.2) is 5.78 Å².